The number of sulfonamides is 1. The van der Waals surface area contributed by atoms with Crippen LogP contribution in [0.15, 0.2) is 17.3 Å². The van der Waals surface area contributed by atoms with E-state index in [0.29, 0.717) is 31.8 Å². The quantitative estimate of drug-likeness (QED) is 0.773. The Morgan fingerprint density at radius 2 is 2.07 bits per heavy atom. The van der Waals surface area contributed by atoms with Gasteiger partial charge in [-0.15, -0.1) is 0 Å². The maximum absolute atomic E-state index is 13.1. The van der Waals surface area contributed by atoms with E-state index >= 15 is 0 Å². The Kier molecular flexibility index (Phi) is 5.02. The van der Waals surface area contributed by atoms with Crippen LogP contribution >= 0.6 is 0 Å². The van der Waals surface area contributed by atoms with Crippen LogP contribution in [0, 0.1) is 11.3 Å². The van der Waals surface area contributed by atoms with Gasteiger partial charge in [-0.3, -0.25) is 9.48 Å². The smallest absolute Gasteiger partial charge is 0.246 e. The molecule has 0 spiro atoms. The fourth-order valence-electron chi connectivity index (χ4n) is 4.94. The summed E-state index contributed by atoms with van der Waals surface area (Å²) in [5, 5.41) is 10.6. The minimum atomic E-state index is -3.50. The summed E-state index contributed by atoms with van der Waals surface area (Å²) in [6.07, 6.45) is 8.64. The Hall–Kier alpha value is -1.45. The molecule has 0 bridgehead atoms. The lowest BCUT2D eigenvalue weighted by molar-refractivity contribution is -0.135. The average Bonchev–Trinajstić information content (AvgIpc) is 3.29. The first-order chi connectivity index (χ1) is 12.9. The molecule has 2 N–H and O–H groups in total. The Labute approximate surface area is 160 Å². The van der Waals surface area contributed by atoms with Crippen molar-refractivity contribution in [3.63, 3.8) is 0 Å². The standard InChI is InChI=1S/C18H29N5O3S/c1-22-12-16(11-20-22)27(25,26)23-8-5-15(6-9-23)21-17(24)18-7-3-2-4-14(18)10-19-13-18/h11-12,14-15,19H,2-10,13H2,1H3,(H,21,24)/t14-,18+/m0/s1. The molecule has 1 aromatic rings. The van der Waals surface area contributed by atoms with Crippen molar-refractivity contribution in [2.45, 2.75) is 49.5 Å². The second-order valence-electron chi connectivity index (χ2n) is 8.23. The summed E-state index contributed by atoms with van der Waals surface area (Å²) in [5.74, 6) is 0.614. The minimum absolute atomic E-state index is 0.0513. The third-order valence-corrected chi connectivity index (χ3v) is 8.45. The van der Waals surface area contributed by atoms with Crippen LogP contribution in [0.5, 0.6) is 0 Å². The van der Waals surface area contributed by atoms with Gasteiger partial charge in [-0.25, -0.2) is 8.42 Å². The van der Waals surface area contributed by atoms with E-state index in [1.165, 1.54) is 27.8 Å². The maximum atomic E-state index is 13.1. The number of hydrogen-bond acceptors (Lipinski definition) is 5. The van der Waals surface area contributed by atoms with Crippen molar-refractivity contribution in [3.8, 4) is 0 Å². The number of fused-ring (bicyclic) bond motifs is 1. The van der Waals surface area contributed by atoms with Crippen LogP contribution in [-0.2, 0) is 21.9 Å². The third-order valence-electron chi connectivity index (χ3n) is 6.60. The van der Waals surface area contributed by atoms with Crippen LogP contribution in [-0.4, -0.2) is 60.6 Å². The number of nitrogens with one attached hydrogen (secondary N) is 2. The molecule has 150 valence electrons. The molecule has 1 aliphatic carbocycles. The SMILES string of the molecule is Cn1cc(S(=O)(=O)N2CCC(NC(=O)[C@@]34CCCC[C@H]3CNC4)CC2)cn1. The van der Waals surface area contributed by atoms with Crippen molar-refractivity contribution in [3.05, 3.63) is 12.4 Å². The van der Waals surface area contributed by atoms with Crippen molar-refractivity contribution in [2.24, 2.45) is 18.4 Å². The van der Waals surface area contributed by atoms with Crippen LogP contribution in [0.1, 0.15) is 38.5 Å². The van der Waals surface area contributed by atoms with E-state index < -0.39 is 10.0 Å². The van der Waals surface area contributed by atoms with E-state index in [-0.39, 0.29) is 22.3 Å². The molecule has 3 aliphatic rings. The lowest BCUT2D eigenvalue weighted by Gasteiger charge is -2.39. The second-order valence-corrected chi connectivity index (χ2v) is 10.2. The van der Waals surface area contributed by atoms with Crippen molar-refractivity contribution in [1.82, 2.24) is 24.7 Å². The molecule has 2 atom stereocenters. The first-order valence-electron chi connectivity index (χ1n) is 9.92. The van der Waals surface area contributed by atoms with Gasteiger partial charge >= 0.3 is 0 Å². The average molecular weight is 396 g/mol. The normalized spacial score (nSPS) is 30.2. The van der Waals surface area contributed by atoms with E-state index in [1.807, 2.05) is 0 Å². The molecule has 0 aromatic carbocycles. The molecule has 4 rings (SSSR count). The lowest BCUT2D eigenvalue weighted by Crippen LogP contribution is -2.53. The van der Waals surface area contributed by atoms with Gasteiger partial charge in [0, 0.05) is 38.9 Å². The third kappa shape index (κ3) is 3.40. The molecule has 3 heterocycles. The fourth-order valence-corrected chi connectivity index (χ4v) is 6.40. The Balaban J connectivity index is 1.36. The van der Waals surface area contributed by atoms with Gasteiger partial charge in [0.15, 0.2) is 0 Å². The molecule has 27 heavy (non-hydrogen) atoms. The summed E-state index contributed by atoms with van der Waals surface area (Å²) in [5.41, 5.74) is -0.253. The number of piperidine rings is 1. The number of nitrogens with zero attached hydrogens (tertiary/aromatic N) is 3. The topological polar surface area (TPSA) is 96.3 Å². The molecule has 3 fully saturated rings. The first-order valence-corrected chi connectivity index (χ1v) is 11.4. The van der Waals surface area contributed by atoms with Crippen molar-refractivity contribution in [2.75, 3.05) is 26.2 Å². The van der Waals surface area contributed by atoms with Gasteiger partial charge in [0.05, 0.1) is 11.6 Å². The largest absolute Gasteiger partial charge is 0.353 e. The van der Waals surface area contributed by atoms with Crippen LogP contribution < -0.4 is 10.6 Å². The van der Waals surface area contributed by atoms with E-state index in [0.717, 1.165) is 32.4 Å². The summed E-state index contributed by atoms with van der Waals surface area (Å²) in [4.78, 5) is 13.3. The van der Waals surface area contributed by atoms with E-state index in [4.69, 9.17) is 0 Å². The second kappa shape index (κ2) is 7.18. The maximum Gasteiger partial charge on any atom is 0.246 e. The Morgan fingerprint density at radius 3 is 2.78 bits per heavy atom. The van der Waals surface area contributed by atoms with Gasteiger partial charge in [0.2, 0.25) is 15.9 Å². The van der Waals surface area contributed by atoms with Gasteiger partial charge in [0.1, 0.15) is 4.90 Å². The highest BCUT2D eigenvalue weighted by Gasteiger charge is 2.50. The van der Waals surface area contributed by atoms with Gasteiger partial charge in [-0.1, -0.05) is 12.8 Å². The molecule has 0 unspecified atom stereocenters. The molecule has 1 saturated carbocycles. The van der Waals surface area contributed by atoms with Crippen LogP contribution in [0.3, 0.4) is 0 Å². The molecular weight excluding hydrogens is 366 g/mol. The number of aromatic nitrogens is 2. The van der Waals surface area contributed by atoms with Crippen LogP contribution in [0.25, 0.3) is 0 Å². The molecule has 9 heteroatoms. The Bertz CT molecular complexity index is 800. The molecule has 1 aromatic heterocycles. The van der Waals surface area contributed by atoms with Crippen molar-refractivity contribution < 1.29 is 13.2 Å². The predicted octanol–water partition coefficient (Wildman–Crippen LogP) is 0.469. The number of aryl methyl sites for hydroxylation is 1. The molecule has 2 saturated heterocycles. The summed E-state index contributed by atoms with van der Waals surface area (Å²) in [6, 6.07) is 0.0513. The molecule has 2 aliphatic heterocycles. The number of hydrogen-bond donors (Lipinski definition) is 2. The van der Waals surface area contributed by atoms with Gasteiger partial charge in [-0.05, 0) is 38.1 Å². The highest BCUT2D eigenvalue weighted by Crippen LogP contribution is 2.44. The van der Waals surface area contributed by atoms with Gasteiger partial charge < -0.3 is 10.6 Å². The van der Waals surface area contributed by atoms with E-state index in [1.54, 1.807) is 7.05 Å². The molecule has 0 radical (unpaired) electrons. The minimum Gasteiger partial charge on any atom is -0.353 e. The zero-order chi connectivity index (χ0) is 19.1. The first kappa shape index (κ1) is 18.9. The van der Waals surface area contributed by atoms with E-state index in [2.05, 4.69) is 15.7 Å². The monoisotopic (exact) mass is 395 g/mol. The van der Waals surface area contributed by atoms with Crippen molar-refractivity contribution >= 4 is 15.9 Å². The van der Waals surface area contributed by atoms with Crippen LogP contribution in [0.2, 0.25) is 0 Å². The number of carbonyl (C=O) groups excluding carboxylic acids is 1. The summed E-state index contributed by atoms with van der Waals surface area (Å²) >= 11 is 0. The van der Waals surface area contributed by atoms with E-state index in [9.17, 15) is 13.2 Å². The van der Waals surface area contributed by atoms with Gasteiger partial charge in [0.25, 0.3) is 0 Å². The highest BCUT2D eigenvalue weighted by atomic mass is 32.2. The lowest BCUT2D eigenvalue weighted by atomic mass is 9.67. The summed E-state index contributed by atoms with van der Waals surface area (Å²) in [7, 11) is -1.80. The summed E-state index contributed by atoms with van der Waals surface area (Å²) in [6.45, 7) is 2.57. The number of carbonyl (C=O) groups is 1. The molecular formula is C18H29N5O3S. The van der Waals surface area contributed by atoms with Crippen molar-refractivity contribution in [1.29, 1.82) is 0 Å². The molecule has 1 amide bonds. The predicted molar refractivity (Wildman–Crippen MR) is 100 cm³/mol. The highest BCUT2D eigenvalue weighted by molar-refractivity contribution is 7.89. The fraction of sp³-hybridized carbons (Fsp3) is 0.778. The van der Waals surface area contributed by atoms with Gasteiger partial charge in [-0.2, -0.15) is 9.40 Å². The Morgan fingerprint density at radius 1 is 1.30 bits per heavy atom. The zero-order valence-corrected chi connectivity index (χ0v) is 16.7. The molecule has 8 nitrogen and oxygen atoms in total. The van der Waals surface area contributed by atoms with Crippen LogP contribution in [0.4, 0.5) is 0 Å². The number of amides is 1. The number of rotatable bonds is 4. The summed E-state index contributed by atoms with van der Waals surface area (Å²) < 4.78 is 28.4. The zero-order valence-electron chi connectivity index (χ0n) is 15.9.